The van der Waals surface area contributed by atoms with E-state index in [0.29, 0.717) is 6.54 Å². The van der Waals surface area contributed by atoms with Gasteiger partial charge in [-0.15, -0.1) is 21.5 Å². The number of nitrogens with zero attached hydrogens (tertiary/aromatic N) is 3. The molecule has 0 saturated heterocycles. The molecule has 2 aromatic rings. The van der Waals surface area contributed by atoms with Crippen molar-refractivity contribution in [1.29, 1.82) is 0 Å². The van der Waals surface area contributed by atoms with Crippen LogP contribution in [0.2, 0.25) is 0 Å². The van der Waals surface area contributed by atoms with E-state index in [1.807, 2.05) is 24.4 Å². The molecule has 0 aromatic carbocycles. The van der Waals surface area contributed by atoms with Crippen LogP contribution in [0.3, 0.4) is 0 Å². The van der Waals surface area contributed by atoms with Crippen molar-refractivity contribution < 1.29 is 4.79 Å². The molecule has 3 heterocycles. The average molecular weight is 336 g/mol. The maximum Gasteiger partial charge on any atom is 0.233 e. The second-order valence-electron chi connectivity index (χ2n) is 5.42. The summed E-state index contributed by atoms with van der Waals surface area (Å²) in [7, 11) is 0. The zero-order valence-corrected chi connectivity index (χ0v) is 14.3. The Balaban J connectivity index is 1.58. The third-order valence-corrected chi connectivity index (χ3v) is 5.70. The highest BCUT2D eigenvalue weighted by atomic mass is 32.2. The Morgan fingerprint density at radius 3 is 3.18 bits per heavy atom. The van der Waals surface area contributed by atoms with Crippen LogP contribution in [0.5, 0.6) is 0 Å². The van der Waals surface area contributed by atoms with E-state index in [2.05, 4.69) is 20.1 Å². The summed E-state index contributed by atoms with van der Waals surface area (Å²) in [6, 6.07) is 4.02. The number of hydrogen-bond acceptors (Lipinski definition) is 5. The zero-order chi connectivity index (χ0) is 15.4. The Kier molecular flexibility index (Phi) is 5.15. The lowest BCUT2D eigenvalue weighted by Gasteiger charge is -2.12. The first-order valence-electron chi connectivity index (χ1n) is 7.63. The molecular formula is C15H20N4OS2. The number of carbonyl (C=O) groups is 1. The summed E-state index contributed by atoms with van der Waals surface area (Å²) in [5.74, 6) is 1.11. The minimum atomic E-state index is -0.170. The number of carbonyl (C=O) groups excluding carboxylic acids is 1. The lowest BCUT2D eigenvalue weighted by atomic mass is 10.2. The van der Waals surface area contributed by atoms with Crippen LogP contribution in [0, 0.1) is 0 Å². The Morgan fingerprint density at radius 1 is 1.45 bits per heavy atom. The number of hydrogen-bond donors (Lipinski definition) is 1. The molecule has 5 nitrogen and oxygen atoms in total. The first kappa shape index (κ1) is 15.6. The van der Waals surface area contributed by atoms with E-state index in [4.69, 9.17) is 0 Å². The van der Waals surface area contributed by atoms with Crippen molar-refractivity contribution in [3.63, 3.8) is 0 Å². The smallest absolute Gasteiger partial charge is 0.233 e. The summed E-state index contributed by atoms with van der Waals surface area (Å²) in [5.41, 5.74) is 0. The van der Waals surface area contributed by atoms with Crippen molar-refractivity contribution in [2.75, 3.05) is 0 Å². The third kappa shape index (κ3) is 3.70. The summed E-state index contributed by atoms with van der Waals surface area (Å²) >= 11 is 3.16. The van der Waals surface area contributed by atoms with Crippen molar-refractivity contribution >= 4 is 29.0 Å². The molecule has 0 aliphatic carbocycles. The lowest BCUT2D eigenvalue weighted by Crippen LogP contribution is -2.30. The van der Waals surface area contributed by atoms with Crippen molar-refractivity contribution in [2.24, 2.45) is 0 Å². The van der Waals surface area contributed by atoms with Crippen LogP contribution in [0.1, 0.15) is 36.9 Å². The number of aromatic nitrogens is 3. The van der Waals surface area contributed by atoms with E-state index in [1.165, 1.54) is 29.5 Å². The van der Waals surface area contributed by atoms with Crippen LogP contribution in [0.4, 0.5) is 0 Å². The summed E-state index contributed by atoms with van der Waals surface area (Å²) in [5, 5.41) is 14.3. The Morgan fingerprint density at radius 2 is 2.36 bits per heavy atom. The maximum absolute atomic E-state index is 12.2. The summed E-state index contributed by atoms with van der Waals surface area (Å²) < 4.78 is 2.18. The van der Waals surface area contributed by atoms with Crippen LogP contribution in [0.15, 0.2) is 22.7 Å². The number of fused-ring (bicyclic) bond motifs is 1. The van der Waals surface area contributed by atoms with E-state index in [-0.39, 0.29) is 11.2 Å². The van der Waals surface area contributed by atoms with Gasteiger partial charge in [0.2, 0.25) is 5.91 Å². The van der Waals surface area contributed by atoms with Crippen LogP contribution in [-0.2, 0) is 24.3 Å². The van der Waals surface area contributed by atoms with E-state index >= 15 is 0 Å². The van der Waals surface area contributed by atoms with Gasteiger partial charge in [0.25, 0.3) is 0 Å². The van der Waals surface area contributed by atoms with Crippen LogP contribution >= 0.6 is 23.1 Å². The molecule has 0 radical (unpaired) electrons. The van der Waals surface area contributed by atoms with Gasteiger partial charge < -0.3 is 9.88 Å². The van der Waals surface area contributed by atoms with E-state index in [1.54, 1.807) is 11.3 Å². The second kappa shape index (κ2) is 7.28. The standard InChI is InChI=1S/C15H20N4OS2/c1-11(14(20)16-10-12-6-5-9-21-12)22-15-18-17-13-7-3-2-4-8-19(13)15/h5-6,9,11H,2-4,7-8,10H2,1H3,(H,16,20). The molecule has 118 valence electrons. The molecule has 1 unspecified atom stereocenters. The predicted octanol–water partition coefficient (Wildman–Crippen LogP) is 2.86. The van der Waals surface area contributed by atoms with Gasteiger partial charge in [-0.2, -0.15) is 0 Å². The van der Waals surface area contributed by atoms with E-state index < -0.39 is 0 Å². The van der Waals surface area contributed by atoms with Gasteiger partial charge in [0, 0.05) is 17.8 Å². The molecule has 0 fully saturated rings. The zero-order valence-electron chi connectivity index (χ0n) is 12.6. The van der Waals surface area contributed by atoms with E-state index in [0.717, 1.165) is 30.4 Å². The van der Waals surface area contributed by atoms with Crippen molar-refractivity contribution in [2.45, 2.75) is 56.1 Å². The fourth-order valence-corrected chi connectivity index (χ4v) is 4.05. The highest BCUT2D eigenvalue weighted by Gasteiger charge is 2.20. The van der Waals surface area contributed by atoms with Gasteiger partial charge in [0.1, 0.15) is 5.82 Å². The molecule has 0 saturated carbocycles. The first-order valence-corrected chi connectivity index (χ1v) is 9.39. The normalized spacial score (nSPS) is 15.9. The highest BCUT2D eigenvalue weighted by molar-refractivity contribution is 8.00. The molecule has 1 atom stereocenters. The minimum absolute atomic E-state index is 0.0457. The van der Waals surface area contributed by atoms with Crippen LogP contribution in [0.25, 0.3) is 0 Å². The topological polar surface area (TPSA) is 59.8 Å². The molecule has 1 amide bonds. The number of aryl methyl sites for hydroxylation is 1. The molecule has 1 N–H and O–H groups in total. The molecule has 3 rings (SSSR count). The molecule has 0 bridgehead atoms. The first-order chi connectivity index (χ1) is 10.7. The molecule has 2 aromatic heterocycles. The molecule has 0 spiro atoms. The highest BCUT2D eigenvalue weighted by Crippen LogP contribution is 2.25. The van der Waals surface area contributed by atoms with Crippen molar-refractivity contribution in [3.8, 4) is 0 Å². The van der Waals surface area contributed by atoms with Gasteiger partial charge in [0.15, 0.2) is 5.16 Å². The fraction of sp³-hybridized carbons (Fsp3) is 0.533. The van der Waals surface area contributed by atoms with E-state index in [9.17, 15) is 4.79 Å². The Bertz CT molecular complexity index is 624. The van der Waals surface area contributed by atoms with Gasteiger partial charge in [-0.05, 0) is 31.2 Å². The Hall–Kier alpha value is -1.34. The number of thiophene rings is 1. The second-order valence-corrected chi connectivity index (χ2v) is 7.76. The molecule has 22 heavy (non-hydrogen) atoms. The van der Waals surface area contributed by atoms with Gasteiger partial charge in [-0.25, -0.2) is 0 Å². The monoisotopic (exact) mass is 336 g/mol. The van der Waals surface area contributed by atoms with Crippen LogP contribution < -0.4 is 5.32 Å². The molecule has 1 aliphatic heterocycles. The molecular weight excluding hydrogens is 316 g/mol. The summed E-state index contributed by atoms with van der Waals surface area (Å²) in [6.07, 6.45) is 4.58. The molecule has 1 aliphatic rings. The largest absolute Gasteiger partial charge is 0.350 e. The quantitative estimate of drug-likeness (QED) is 0.853. The van der Waals surface area contributed by atoms with Gasteiger partial charge in [-0.3, -0.25) is 4.79 Å². The number of nitrogens with one attached hydrogen (secondary N) is 1. The van der Waals surface area contributed by atoms with Crippen molar-refractivity contribution in [1.82, 2.24) is 20.1 Å². The SMILES string of the molecule is CC(Sc1nnc2n1CCCCC2)C(=O)NCc1cccs1. The fourth-order valence-electron chi connectivity index (χ4n) is 2.49. The number of rotatable bonds is 5. The predicted molar refractivity (Wildman–Crippen MR) is 89.1 cm³/mol. The Labute approximate surface area is 138 Å². The summed E-state index contributed by atoms with van der Waals surface area (Å²) in [6.45, 7) is 3.49. The minimum Gasteiger partial charge on any atom is -0.350 e. The number of thioether (sulfide) groups is 1. The maximum atomic E-state index is 12.2. The van der Waals surface area contributed by atoms with Gasteiger partial charge in [0.05, 0.1) is 11.8 Å². The summed E-state index contributed by atoms with van der Waals surface area (Å²) in [4.78, 5) is 13.4. The molecule has 7 heteroatoms. The average Bonchev–Trinajstić information content (AvgIpc) is 3.10. The number of amides is 1. The third-order valence-electron chi connectivity index (χ3n) is 3.74. The van der Waals surface area contributed by atoms with Crippen LogP contribution in [-0.4, -0.2) is 25.9 Å². The van der Waals surface area contributed by atoms with Crippen molar-refractivity contribution in [3.05, 3.63) is 28.2 Å². The van der Waals surface area contributed by atoms with Gasteiger partial charge >= 0.3 is 0 Å². The van der Waals surface area contributed by atoms with Gasteiger partial charge in [-0.1, -0.05) is 24.2 Å². The lowest BCUT2D eigenvalue weighted by molar-refractivity contribution is -0.120.